The fourth-order valence-electron chi connectivity index (χ4n) is 3.94. The number of rotatable bonds is 11. The zero-order valence-corrected chi connectivity index (χ0v) is 24.7. The van der Waals surface area contributed by atoms with Gasteiger partial charge in [-0.3, -0.25) is 24.0 Å². The van der Waals surface area contributed by atoms with E-state index >= 15 is 0 Å². The molecule has 0 aliphatic heterocycles. The van der Waals surface area contributed by atoms with Crippen molar-refractivity contribution in [2.45, 2.75) is 24.9 Å². The van der Waals surface area contributed by atoms with Crippen LogP contribution in [0.2, 0.25) is 0 Å². The molecule has 0 saturated heterocycles. The second-order valence-corrected chi connectivity index (χ2v) is 11.7. The summed E-state index contributed by atoms with van der Waals surface area (Å²) in [6, 6.07) is 14.2. The number of thiazole rings is 1. The molecular weight excluding hydrogens is 589 g/mol. The number of carbonyl (C=O) groups excluding carboxylic acids is 2. The Hall–Kier alpha value is -3.89. The maximum atomic E-state index is 13.7. The number of anilines is 1. The van der Waals surface area contributed by atoms with E-state index in [0.717, 1.165) is 15.4 Å². The van der Waals surface area contributed by atoms with Crippen LogP contribution in [0.5, 0.6) is 0 Å². The van der Waals surface area contributed by atoms with Crippen LogP contribution in [-0.2, 0) is 32.7 Å². The number of pyridine rings is 1. The minimum Gasteiger partial charge on any atom is -0.453 e. The number of hydrogen-bond acceptors (Lipinski definition) is 10. The summed E-state index contributed by atoms with van der Waals surface area (Å²) in [4.78, 5) is 37.4. The van der Waals surface area contributed by atoms with Gasteiger partial charge in [-0.15, -0.1) is 22.7 Å². The van der Waals surface area contributed by atoms with E-state index in [-0.39, 0.29) is 18.3 Å². The largest absolute Gasteiger partial charge is 0.453 e. The quantitative estimate of drug-likeness (QED) is 0.177. The third-order valence-electron chi connectivity index (χ3n) is 5.93. The van der Waals surface area contributed by atoms with Crippen molar-refractivity contribution >= 4 is 50.7 Å². The summed E-state index contributed by atoms with van der Waals surface area (Å²) < 4.78 is 38.2. The Labute approximate surface area is 245 Å². The number of thiophene rings is 1. The molecule has 4 rings (SSSR count). The lowest BCUT2D eigenvalue weighted by Crippen LogP contribution is -2.50. The Bertz CT molecular complexity index is 1530. The molecule has 0 saturated carbocycles. The number of nitrogens with one attached hydrogen (secondary N) is 2. The van der Waals surface area contributed by atoms with Crippen molar-refractivity contribution in [1.82, 2.24) is 26.3 Å². The van der Waals surface area contributed by atoms with E-state index in [0.29, 0.717) is 17.8 Å². The maximum absolute atomic E-state index is 13.7. The smallest absolute Gasteiger partial charge is 0.409 e. The van der Waals surface area contributed by atoms with Crippen LogP contribution in [0.4, 0.5) is 10.5 Å². The Morgan fingerprint density at radius 3 is 2.44 bits per heavy atom. The highest BCUT2D eigenvalue weighted by atomic mass is 32.2. The summed E-state index contributed by atoms with van der Waals surface area (Å²) in [5, 5.41) is 7.71. The van der Waals surface area contributed by atoms with Gasteiger partial charge < -0.3 is 16.2 Å². The summed E-state index contributed by atoms with van der Waals surface area (Å²) in [7, 11) is -1.66. The van der Waals surface area contributed by atoms with Crippen LogP contribution in [0, 0.1) is 0 Å². The van der Waals surface area contributed by atoms with Crippen LogP contribution < -0.4 is 16.2 Å². The molecule has 0 spiro atoms. The van der Waals surface area contributed by atoms with Gasteiger partial charge in [0, 0.05) is 30.7 Å². The van der Waals surface area contributed by atoms with Gasteiger partial charge in [0.1, 0.15) is 11.0 Å². The third kappa shape index (κ3) is 8.80. The van der Waals surface area contributed by atoms with Gasteiger partial charge in [0.25, 0.3) is 0 Å². The van der Waals surface area contributed by atoms with E-state index in [1.165, 1.54) is 42.5 Å². The van der Waals surface area contributed by atoms with Crippen molar-refractivity contribution in [3.63, 3.8) is 0 Å². The SMILES string of the molecule is COC(=O)N(C)C(Cc1ccccn1)C(=O)N[C@@H](Cc1ccc(NS(=O)(=O)O)cc1)c1csc(-c2cccs2)n1.N. The average molecular weight is 619 g/mol. The molecule has 0 radical (unpaired) electrons. The lowest BCUT2D eigenvalue weighted by atomic mass is 10.0. The standard InChI is InChI=1S/C26H27N5O6S3.H3N/c1-31(26(33)37-2)22(15-19-6-3-4-12-27-19)24(32)28-20(21-16-39-25(29-21)23-7-5-13-38-23)14-17-8-10-18(11-9-17)30-40(34,35)36;/h3-13,16,20,22,30H,14-15H2,1-2H3,(H,28,32)(H,34,35,36);1H3/t20-,22?;/m0./s1. The van der Waals surface area contributed by atoms with Crippen LogP contribution in [-0.4, -0.2) is 60.0 Å². The minimum absolute atomic E-state index is 0. The normalized spacial score (nSPS) is 12.5. The van der Waals surface area contributed by atoms with E-state index in [1.807, 2.05) is 27.6 Å². The van der Waals surface area contributed by atoms with Gasteiger partial charge in [-0.2, -0.15) is 8.42 Å². The maximum Gasteiger partial charge on any atom is 0.409 e. The summed E-state index contributed by atoms with van der Waals surface area (Å²) in [6.07, 6.45) is 1.44. The number of methoxy groups -OCH3 is 1. The molecule has 0 aliphatic carbocycles. The zero-order chi connectivity index (χ0) is 28.7. The second-order valence-electron chi connectivity index (χ2n) is 8.72. The van der Waals surface area contributed by atoms with Gasteiger partial charge in [0.05, 0.1) is 29.4 Å². The average Bonchev–Trinajstić information content (AvgIpc) is 3.64. The third-order valence-corrected chi connectivity index (χ3v) is 8.32. The first-order chi connectivity index (χ1) is 19.1. The highest BCUT2D eigenvalue weighted by Crippen LogP contribution is 2.31. The van der Waals surface area contributed by atoms with Crippen molar-refractivity contribution in [3.8, 4) is 9.88 Å². The summed E-state index contributed by atoms with van der Waals surface area (Å²) >= 11 is 3.02. The molecule has 3 aromatic heterocycles. The van der Waals surface area contributed by atoms with Gasteiger partial charge in [-0.1, -0.05) is 24.3 Å². The summed E-state index contributed by atoms with van der Waals surface area (Å²) in [5.41, 5.74) is 2.24. The number of carbonyl (C=O) groups is 2. The molecule has 2 amide bonds. The van der Waals surface area contributed by atoms with E-state index in [2.05, 4.69) is 10.3 Å². The molecular formula is C26H30N6O6S3. The van der Waals surface area contributed by atoms with Crippen LogP contribution >= 0.6 is 22.7 Å². The number of hydrogen-bond donors (Lipinski definition) is 4. The van der Waals surface area contributed by atoms with E-state index in [9.17, 15) is 18.0 Å². The van der Waals surface area contributed by atoms with Crippen LogP contribution in [0.3, 0.4) is 0 Å². The molecule has 218 valence electrons. The minimum atomic E-state index is -4.41. The van der Waals surface area contributed by atoms with E-state index < -0.39 is 34.4 Å². The fourth-order valence-corrected chi connectivity index (χ4v) is 6.07. The lowest BCUT2D eigenvalue weighted by molar-refractivity contribution is -0.126. The van der Waals surface area contributed by atoms with Crippen molar-refractivity contribution in [1.29, 1.82) is 0 Å². The van der Waals surface area contributed by atoms with Crippen LogP contribution in [0.15, 0.2) is 71.6 Å². The van der Waals surface area contributed by atoms with Gasteiger partial charge in [-0.05, 0) is 47.7 Å². The monoisotopic (exact) mass is 618 g/mol. The van der Waals surface area contributed by atoms with Gasteiger partial charge in [0.15, 0.2) is 0 Å². The molecule has 2 atom stereocenters. The molecule has 0 fully saturated rings. The van der Waals surface area contributed by atoms with Crippen molar-refractivity contribution < 1.29 is 27.3 Å². The fraction of sp³-hybridized carbons (Fsp3) is 0.231. The molecule has 15 heteroatoms. The van der Waals surface area contributed by atoms with Crippen molar-refractivity contribution in [3.05, 3.63) is 88.5 Å². The Morgan fingerprint density at radius 1 is 1.07 bits per heavy atom. The van der Waals surface area contributed by atoms with Gasteiger partial charge in [0.2, 0.25) is 5.91 Å². The van der Waals surface area contributed by atoms with Crippen LogP contribution in [0.1, 0.15) is 23.0 Å². The second kappa shape index (κ2) is 14.1. The molecule has 3 heterocycles. The first-order valence-corrected chi connectivity index (χ1v) is 15.2. The molecule has 41 heavy (non-hydrogen) atoms. The molecule has 1 aromatic carbocycles. The Kier molecular flexibility index (Phi) is 10.9. The Morgan fingerprint density at radius 2 is 1.83 bits per heavy atom. The molecule has 0 bridgehead atoms. The van der Waals surface area contributed by atoms with E-state index in [1.54, 1.807) is 47.9 Å². The number of nitrogens with zero attached hydrogens (tertiary/aromatic N) is 3. The molecule has 12 nitrogen and oxygen atoms in total. The van der Waals surface area contributed by atoms with Crippen molar-refractivity contribution in [2.75, 3.05) is 18.9 Å². The lowest BCUT2D eigenvalue weighted by Gasteiger charge is -2.28. The highest BCUT2D eigenvalue weighted by molar-refractivity contribution is 7.87. The zero-order valence-electron chi connectivity index (χ0n) is 22.3. The number of amides is 2. The first-order valence-electron chi connectivity index (χ1n) is 12.0. The summed E-state index contributed by atoms with van der Waals surface area (Å²) in [6.45, 7) is 0. The summed E-state index contributed by atoms with van der Waals surface area (Å²) in [5.74, 6) is -0.418. The number of benzene rings is 1. The topological polar surface area (TPSA) is 186 Å². The van der Waals surface area contributed by atoms with Gasteiger partial charge >= 0.3 is 16.4 Å². The predicted molar refractivity (Wildman–Crippen MR) is 159 cm³/mol. The van der Waals surface area contributed by atoms with Crippen LogP contribution in [0.25, 0.3) is 9.88 Å². The number of ether oxygens (including phenoxy) is 1. The highest BCUT2D eigenvalue weighted by Gasteiger charge is 2.31. The van der Waals surface area contributed by atoms with Crippen molar-refractivity contribution in [2.24, 2.45) is 0 Å². The Balaban J connectivity index is 0.00000462. The predicted octanol–water partition coefficient (Wildman–Crippen LogP) is 4.35. The van der Waals surface area contributed by atoms with E-state index in [4.69, 9.17) is 14.3 Å². The molecule has 1 unspecified atom stereocenters. The molecule has 4 aromatic rings. The number of aromatic nitrogens is 2. The number of likely N-dealkylation sites (N-methyl/N-ethyl adjacent to an activating group) is 1. The molecule has 0 aliphatic rings. The first kappa shape index (κ1) is 31.6. The molecule has 6 N–H and O–H groups in total. The van der Waals surface area contributed by atoms with Gasteiger partial charge in [-0.25, -0.2) is 9.78 Å².